The van der Waals surface area contributed by atoms with Crippen molar-refractivity contribution in [2.24, 2.45) is 23.7 Å². The number of hydrogen-bond donors (Lipinski definition) is 0. The maximum atomic E-state index is 13.1. The molecule has 0 aromatic heterocycles. The van der Waals surface area contributed by atoms with Crippen LogP contribution in [0.15, 0.2) is 12.2 Å². The van der Waals surface area contributed by atoms with Crippen LogP contribution < -0.4 is 0 Å². The fourth-order valence-electron chi connectivity index (χ4n) is 4.49. The Morgan fingerprint density at radius 1 is 1.04 bits per heavy atom. The van der Waals surface area contributed by atoms with Crippen LogP contribution in [0.3, 0.4) is 0 Å². The van der Waals surface area contributed by atoms with Gasteiger partial charge in [-0.05, 0) is 56.3 Å². The predicted molar refractivity (Wildman–Crippen MR) is 96.6 cm³/mol. The van der Waals surface area contributed by atoms with Gasteiger partial charge < -0.3 is 4.74 Å². The van der Waals surface area contributed by atoms with Crippen LogP contribution in [0.4, 0.5) is 13.2 Å². The molecule has 0 radical (unpaired) electrons. The third-order valence-electron chi connectivity index (χ3n) is 6.04. The van der Waals surface area contributed by atoms with Crippen LogP contribution in [-0.4, -0.2) is 18.8 Å². The Labute approximate surface area is 155 Å². The number of carbonyl (C=O) groups excluding carboxylic acids is 1. The second-order valence-electron chi connectivity index (χ2n) is 8.00. The number of halogens is 3. The van der Waals surface area contributed by atoms with Gasteiger partial charge in [-0.15, -0.1) is 0 Å². The Bertz CT molecular complexity index is 445. The third kappa shape index (κ3) is 6.62. The molecule has 2 fully saturated rings. The highest BCUT2D eigenvalue weighted by molar-refractivity contribution is 5.73. The fourth-order valence-corrected chi connectivity index (χ4v) is 4.49. The van der Waals surface area contributed by atoms with Gasteiger partial charge in [0.05, 0.1) is 6.61 Å². The number of rotatable bonds is 7. The number of hydrogen-bond acceptors (Lipinski definition) is 2. The van der Waals surface area contributed by atoms with E-state index in [1.54, 1.807) is 13.0 Å². The van der Waals surface area contributed by atoms with Gasteiger partial charge in [-0.2, -0.15) is 13.2 Å². The van der Waals surface area contributed by atoms with E-state index in [1.807, 2.05) is 6.08 Å². The summed E-state index contributed by atoms with van der Waals surface area (Å²) in [5, 5.41) is 0. The van der Waals surface area contributed by atoms with Crippen molar-refractivity contribution >= 4 is 5.97 Å². The first-order chi connectivity index (χ1) is 12.4. The highest BCUT2D eigenvalue weighted by atomic mass is 19.4. The number of esters is 1. The number of alkyl halides is 3. The first-order valence-electron chi connectivity index (χ1n) is 10.3. The second-order valence-corrected chi connectivity index (χ2v) is 8.00. The van der Waals surface area contributed by atoms with Gasteiger partial charge in [0.15, 0.2) is 5.92 Å². The lowest BCUT2D eigenvalue weighted by Gasteiger charge is -2.35. The lowest BCUT2D eigenvalue weighted by atomic mass is 9.71. The second kappa shape index (κ2) is 10.4. The van der Waals surface area contributed by atoms with Gasteiger partial charge in [0, 0.05) is 0 Å². The Hall–Kier alpha value is -1.00. The van der Waals surface area contributed by atoms with E-state index < -0.39 is 18.1 Å². The molecule has 2 aliphatic rings. The van der Waals surface area contributed by atoms with Gasteiger partial charge in [0.2, 0.25) is 0 Å². The first kappa shape index (κ1) is 21.3. The van der Waals surface area contributed by atoms with Gasteiger partial charge in [0.1, 0.15) is 0 Å². The van der Waals surface area contributed by atoms with Crippen LogP contribution >= 0.6 is 0 Å². The van der Waals surface area contributed by atoms with E-state index in [0.29, 0.717) is 12.3 Å². The molecule has 1 atom stereocenters. The quantitative estimate of drug-likeness (QED) is 0.378. The molecule has 0 spiro atoms. The Kier molecular flexibility index (Phi) is 8.49. The van der Waals surface area contributed by atoms with E-state index in [4.69, 9.17) is 4.74 Å². The monoisotopic (exact) mass is 374 g/mol. The van der Waals surface area contributed by atoms with Gasteiger partial charge in [-0.1, -0.05) is 51.2 Å². The molecule has 0 N–H and O–H groups in total. The van der Waals surface area contributed by atoms with Crippen molar-refractivity contribution in [2.45, 2.75) is 83.7 Å². The molecule has 26 heavy (non-hydrogen) atoms. The van der Waals surface area contributed by atoms with Gasteiger partial charge in [-0.3, -0.25) is 4.79 Å². The molecular formula is C21H33F3O2. The number of ether oxygens (including phenoxy) is 1. The first-order valence-corrected chi connectivity index (χ1v) is 10.3. The van der Waals surface area contributed by atoms with Crippen LogP contribution in [-0.2, 0) is 9.53 Å². The zero-order valence-electron chi connectivity index (χ0n) is 15.9. The molecule has 2 nitrogen and oxygen atoms in total. The number of carbonyl (C=O) groups is 1. The van der Waals surface area contributed by atoms with Gasteiger partial charge >= 0.3 is 12.1 Å². The van der Waals surface area contributed by atoms with Crippen molar-refractivity contribution < 1.29 is 22.7 Å². The summed E-state index contributed by atoms with van der Waals surface area (Å²) in [4.78, 5) is 11.7. The zero-order valence-corrected chi connectivity index (χ0v) is 15.9. The minimum absolute atomic E-state index is 0.0420. The smallest absolute Gasteiger partial charge is 0.402 e. The van der Waals surface area contributed by atoms with Crippen LogP contribution in [0.1, 0.15) is 77.6 Å². The molecule has 2 saturated carbocycles. The SMILES string of the molecule is CCCOC(=O)C(CC=CC1CCC(C2CCCCC2)CC1)C(F)(F)F. The average molecular weight is 374 g/mol. The lowest BCUT2D eigenvalue weighted by molar-refractivity contribution is -0.197. The third-order valence-corrected chi connectivity index (χ3v) is 6.04. The van der Waals surface area contributed by atoms with Gasteiger partial charge in [0.25, 0.3) is 0 Å². The Morgan fingerprint density at radius 2 is 1.65 bits per heavy atom. The summed E-state index contributed by atoms with van der Waals surface area (Å²) in [6.45, 7) is 1.81. The van der Waals surface area contributed by atoms with E-state index in [1.165, 1.54) is 44.9 Å². The average Bonchev–Trinajstić information content (AvgIpc) is 2.63. The van der Waals surface area contributed by atoms with E-state index in [0.717, 1.165) is 24.7 Å². The van der Waals surface area contributed by atoms with Crippen LogP contribution in [0.2, 0.25) is 0 Å². The molecule has 150 valence electrons. The normalized spacial score (nSPS) is 26.8. The highest BCUT2D eigenvalue weighted by Gasteiger charge is 2.45. The predicted octanol–water partition coefficient (Wildman–Crippen LogP) is 6.45. The van der Waals surface area contributed by atoms with Crippen molar-refractivity contribution in [2.75, 3.05) is 6.61 Å². The fraction of sp³-hybridized carbons (Fsp3) is 0.857. The molecule has 0 heterocycles. The highest BCUT2D eigenvalue weighted by Crippen LogP contribution is 2.40. The summed E-state index contributed by atoms with van der Waals surface area (Å²) in [7, 11) is 0. The molecule has 5 heteroatoms. The largest absolute Gasteiger partial charge is 0.465 e. The van der Waals surface area contributed by atoms with E-state index in [2.05, 4.69) is 0 Å². The minimum atomic E-state index is -4.55. The molecule has 2 rings (SSSR count). The number of allylic oxidation sites excluding steroid dienone is 2. The molecule has 0 aromatic carbocycles. The topological polar surface area (TPSA) is 26.3 Å². The summed E-state index contributed by atoms with van der Waals surface area (Å²) in [5.74, 6) is -1.15. The molecule has 0 amide bonds. The summed E-state index contributed by atoms with van der Waals surface area (Å²) in [5.41, 5.74) is 0. The summed E-state index contributed by atoms with van der Waals surface area (Å²) in [6.07, 6.45) is 10.4. The molecule has 2 aliphatic carbocycles. The Morgan fingerprint density at radius 3 is 2.23 bits per heavy atom. The zero-order chi connectivity index (χ0) is 19.0. The van der Waals surface area contributed by atoms with Crippen molar-refractivity contribution in [3.63, 3.8) is 0 Å². The maximum absolute atomic E-state index is 13.1. The maximum Gasteiger partial charge on any atom is 0.402 e. The summed E-state index contributed by atoms with van der Waals surface area (Å²) in [6, 6.07) is 0. The van der Waals surface area contributed by atoms with Crippen LogP contribution in [0.5, 0.6) is 0 Å². The van der Waals surface area contributed by atoms with Crippen molar-refractivity contribution in [1.29, 1.82) is 0 Å². The molecule has 0 bridgehead atoms. The molecule has 1 unspecified atom stereocenters. The van der Waals surface area contributed by atoms with E-state index in [-0.39, 0.29) is 13.0 Å². The van der Waals surface area contributed by atoms with Crippen LogP contribution in [0.25, 0.3) is 0 Å². The standard InChI is InChI=1S/C21H33F3O2/c1-2-15-26-20(25)19(21(22,23)24)10-6-7-16-11-13-18(14-12-16)17-8-4-3-5-9-17/h6-7,16-19H,2-5,8-15H2,1H3. The van der Waals surface area contributed by atoms with Crippen LogP contribution in [0, 0.1) is 23.7 Å². The molecule has 0 aromatic rings. The van der Waals surface area contributed by atoms with E-state index >= 15 is 0 Å². The van der Waals surface area contributed by atoms with Crippen molar-refractivity contribution in [3.8, 4) is 0 Å². The summed E-state index contributed by atoms with van der Waals surface area (Å²) >= 11 is 0. The molecule has 0 saturated heterocycles. The lowest BCUT2D eigenvalue weighted by Crippen LogP contribution is -2.32. The van der Waals surface area contributed by atoms with Gasteiger partial charge in [-0.25, -0.2) is 0 Å². The molecular weight excluding hydrogens is 341 g/mol. The Balaban J connectivity index is 1.78. The van der Waals surface area contributed by atoms with E-state index in [9.17, 15) is 18.0 Å². The minimum Gasteiger partial charge on any atom is -0.465 e. The molecule has 0 aliphatic heterocycles. The van der Waals surface area contributed by atoms with Crippen molar-refractivity contribution in [3.05, 3.63) is 12.2 Å². The van der Waals surface area contributed by atoms with Crippen molar-refractivity contribution in [1.82, 2.24) is 0 Å². The summed E-state index contributed by atoms with van der Waals surface area (Å²) < 4.78 is 44.0.